The molecule has 2 aromatic heterocycles. The van der Waals surface area contributed by atoms with Gasteiger partial charge in [-0.15, -0.1) is 0 Å². The number of hydrogen-bond acceptors (Lipinski definition) is 5. The van der Waals surface area contributed by atoms with Crippen LogP contribution < -0.4 is 5.14 Å². The Kier molecular flexibility index (Phi) is 2.85. The summed E-state index contributed by atoms with van der Waals surface area (Å²) in [6.07, 6.45) is 2.33. The van der Waals surface area contributed by atoms with Crippen molar-refractivity contribution in [2.75, 3.05) is 0 Å². The molecule has 0 aliphatic rings. The Balaban J connectivity index is 2.75. The van der Waals surface area contributed by atoms with Crippen molar-refractivity contribution in [3.8, 4) is 5.82 Å². The minimum atomic E-state index is -4.23. The normalized spacial score (nSPS) is 11.4. The average molecular weight is 268 g/mol. The molecule has 8 nitrogen and oxygen atoms in total. The maximum absolute atomic E-state index is 11.4. The molecule has 94 valence electrons. The zero-order valence-electron chi connectivity index (χ0n) is 8.89. The number of aromatic nitrogens is 3. The Hall–Kier alpha value is -2.26. The van der Waals surface area contributed by atoms with Gasteiger partial charge < -0.3 is 5.11 Å². The number of rotatable bonds is 3. The highest BCUT2D eigenvalue weighted by molar-refractivity contribution is 7.89. The van der Waals surface area contributed by atoms with Crippen molar-refractivity contribution in [2.45, 2.75) is 5.03 Å². The van der Waals surface area contributed by atoms with E-state index in [-0.39, 0.29) is 5.82 Å². The van der Waals surface area contributed by atoms with Crippen LogP contribution in [0, 0.1) is 0 Å². The van der Waals surface area contributed by atoms with Gasteiger partial charge in [0.25, 0.3) is 10.0 Å². The van der Waals surface area contributed by atoms with Crippen molar-refractivity contribution in [3.05, 3.63) is 36.2 Å². The molecule has 0 aliphatic heterocycles. The Labute approximate surface area is 102 Å². The van der Waals surface area contributed by atoms with E-state index in [9.17, 15) is 13.2 Å². The van der Waals surface area contributed by atoms with Gasteiger partial charge in [0.15, 0.2) is 10.8 Å². The lowest BCUT2D eigenvalue weighted by Crippen LogP contribution is -2.20. The molecule has 0 unspecified atom stereocenters. The molecule has 0 spiro atoms. The van der Waals surface area contributed by atoms with E-state index in [1.54, 1.807) is 12.1 Å². The molecule has 0 atom stereocenters. The van der Waals surface area contributed by atoms with Gasteiger partial charge in [-0.3, -0.25) is 0 Å². The van der Waals surface area contributed by atoms with E-state index < -0.39 is 26.6 Å². The second-order valence-electron chi connectivity index (χ2n) is 3.31. The summed E-state index contributed by atoms with van der Waals surface area (Å²) < 4.78 is 23.8. The van der Waals surface area contributed by atoms with Crippen LogP contribution in [0.15, 0.2) is 35.6 Å². The molecule has 0 radical (unpaired) electrons. The van der Waals surface area contributed by atoms with Crippen molar-refractivity contribution < 1.29 is 18.3 Å². The molecule has 2 aromatic rings. The lowest BCUT2D eigenvalue weighted by Gasteiger charge is -2.04. The van der Waals surface area contributed by atoms with Crippen LogP contribution in [0.3, 0.4) is 0 Å². The molecule has 18 heavy (non-hydrogen) atoms. The van der Waals surface area contributed by atoms with E-state index in [0.717, 1.165) is 10.9 Å². The van der Waals surface area contributed by atoms with Gasteiger partial charge in [0.05, 0.1) is 6.20 Å². The highest BCUT2D eigenvalue weighted by Crippen LogP contribution is 2.17. The van der Waals surface area contributed by atoms with E-state index >= 15 is 0 Å². The Bertz CT molecular complexity index is 693. The molecular weight excluding hydrogens is 260 g/mol. The molecule has 0 fully saturated rings. The molecular formula is C9H8N4O4S. The first kappa shape index (κ1) is 12.2. The molecule has 3 N–H and O–H groups in total. The summed E-state index contributed by atoms with van der Waals surface area (Å²) in [4.78, 5) is 14.8. The Morgan fingerprint density at radius 3 is 2.61 bits per heavy atom. The lowest BCUT2D eigenvalue weighted by molar-refractivity contribution is 0.0692. The van der Waals surface area contributed by atoms with Crippen molar-refractivity contribution in [1.82, 2.24) is 14.8 Å². The second kappa shape index (κ2) is 4.20. The number of carboxylic acid groups (broad SMARTS) is 1. The van der Waals surface area contributed by atoms with Gasteiger partial charge in [-0.05, 0) is 12.1 Å². The van der Waals surface area contributed by atoms with Crippen LogP contribution in [-0.2, 0) is 10.0 Å². The second-order valence-corrected chi connectivity index (χ2v) is 4.79. The highest BCUT2D eigenvalue weighted by atomic mass is 32.2. The van der Waals surface area contributed by atoms with E-state index in [2.05, 4.69) is 10.1 Å². The lowest BCUT2D eigenvalue weighted by atomic mass is 10.4. The third-order valence-electron chi connectivity index (χ3n) is 2.09. The third kappa shape index (κ3) is 2.08. The molecule has 0 amide bonds. The monoisotopic (exact) mass is 268 g/mol. The highest BCUT2D eigenvalue weighted by Gasteiger charge is 2.26. The standard InChI is InChI=1S/C9H8N4O4S/c10-18(16,17)8-6(9(14)15)5-12-13(8)7-3-1-2-4-11-7/h1-5H,(H,14,15)(H2,10,16,17). The fraction of sp³-hybridized carbons (Fsp3) is 0. The maximum Gasteiger partial charge on any atom is 0.340 e. The van der Waals surface area contributed by atoms with Gasteiger partial charge in [0.2, 0.25) is 0 Å². The fourth-order valence-corrected chi connectivity index (χ4v) is 2.23. The summed E-state index contributed by atoms with van der Waals surface area (Å²) in [6, 6.07) is 4.71. The quantitative estimate of drug-likeness (QED) is 0.780. The summed E-state index contributed by atoms with van der Waals surface area (Å²) in [5, 5.41) is 17.0. The van der Waals surface area contributed by atoms with E-state index in [1.165, 1.54) is 12.3 Å². The zero-order chi connectivity index (χ0) is 13.3. The predicted molar refractivity (Wildman–Crippen MR) is 59.7 cm³/mol. The van der Waals surface area contributed by atoms with E-state index in [1.807, 2.05) is 0 Å². The Morgan fingerprint density at radius 2 is 2.11 bits per heavy atom. The minimum Gasteiger partial charge on any atom is -0.478 e. The first-order chi connectivity index (χ1) is 8.41. The molecule has 2 heterocycles. The van der Waals surface area contributed by atoms with Crippen molar-refractivity contribution >= 4 is 16.0 Å². The number of nitrogens with two attached hydrogens (primary N) is 1. The molecule has 0 saturated carbocycles. The SMILES string of the molecule is NS(=O)(=O)c1c(C(=O)O)cnn1-c1ccccn1. The van der Waals surface area contributed by atoms with Gasteiger partial charge in [-0.1, -0.05) is 6.07 Å². The minimum absolute atomic E-state index is 0.161. The average Bonchev–Trinajstić information content (AvgIpc) is 2.74. The number of sulfonamides is 1. The zero-order valence-corrected chi connectivity index (χ0v) is 9.70. The number of nitrogens with zero attached hydrogens (tertiary/aromatic N) is 3. The first-order valence-corrected chi connectivity index (χ1v) is 6.21. The van der Waals surface area contributed by atoms with Crippen LogP contribution in [0.2, 0.25) is 0 Å². The van der Waals surface area contributed by atoms with Gasteiger partial charge in [0.1, 0.15) is 5.56 Å². The van der Waals surface area contributed by atoms with Crippen LogP contribution in [0.4, 0.5) is 0 Å². The number of hydrogen-bond donors (Lipinski definition) is 2. The molecule has 0 aromatic carbocycles. The molecule has 9 heteroatoms. The van der Waals surface area contributed by atoms with Crippen molar-refractivity contribution in [1.29, 1.82) is 0 Å². The Morgan fingerprint density at radius 1 is 1.39 bits per heavy atom. The summed E-state index contributed by atoms with van der Waals surface area (Å²) in [5.74, 6) is -1.27. The van der Waals surface area contributed by atoms with Crippen LogP contribution >= 0.6 is 0 Å². The van der Waals surface area contributed by atoms with Crippen LogP contribution in [0.1, 0.15) is 10.4 Å². The number of aromatic carboxylic acids is 1. The van der Waals surface area contributed by atoms with Gasteiger partial charge in [-0.2, -0.15) is 5.10 Å². The van der Waals surface area contributed by atoms with Crippen LogP contribution in [0.25, 0.3) is 5.82 Å². The predicted octanol–water partition coefficient (Wildman–Crippen LogP) is -0.387. The van der Waals surface area contributed by atoms with E-state index in [4.69, 9.17) is 10.2 Å². The van der Waals surface area contributed by atoms with Crippen LogP contribution in [-0.4, -0.2) is 34.3 Å². The smallest absolute Gasteiger partial charge is 0.340 e. The van der Waals surface area contributed by atoms with Crippen LogP contribution in [0.5, 0.6) is 0 Å². The molecule has 0 bridgehead atoms. The molecule has 0 aliphatic carbocycles. The first-order valence-electron chi connectivity index (χ1n) is 4.67. The topological polar surface area (TPSA) is 128 Å². The fourth-order valence-electron chi connectivity index (χ4n) is 1.40. The van der Waals surface area contributed by atoms with Crippen molar-refractivity contribution in [2.24, 2.45) is 5.14 Å². The third-order valence-corrected chi connectivity index (χ3v) is 3.02. The summed E-state index contributed by atoms with van der Waals surface area (Å²) in [5.41, 5.74) is -0.497. The summed E-state index contributed by atoms with van der Waals surface area (Å²) in [7, 11) is -4.23. The van der Waals surface area contributed by atoms with Gasteiger partial charge in [-0.25, -0.2) is 28.0 Å². The number of pyridine rings is 1. The van der Waals surface area contributed by atoms with E-state index in [0.29, 0.717) is 0 Å². The largest absolute Gasteiger partial charge is 0.478 e. The van der Waals surface area contributed by atoms with Gasteiger partial charge in [0, 0.05) is 6.20 Å². The number of carbonyl (C=O) groups is 1. The molecule has 2 rings (SSSR count). The summed E-state index contributed by atoms with van der Waals surface area (Å²) in [6.45, 7) is 0. The molecule has 0 saturated heterocycles. The summed E-state index contributed by atoms with van der Waals surface area (Å²) >= 11 is 0. The van der Waals surface area contributed by atoms with Gasteiger partial charge >= 0.3 is 5.97 Å². The number of primary sulfonamides is 1. The number of carboxylic acids is 1. The maximum atomic E-state index is 11.4. The van der Waals surface area contributed by atoms with Crippen molar-refractivity contribution in [3.63, 3.8) is 0 Å².